The van der Waals surface area contributed by atoms with E-state index in [-0.39, 0.29) is 6.04 Å². The van der Waals surface area contributed by atoms with E-state index in [0.29, 0.717) is 17.7 Å². The summed E-state index contributed by atoms with van der Waals surface area (Å²) in [6, 6.07) is 3.71. The highest BCUT2D eigenvalue weighted by Crippen LogP contribution is 2.60. The number of nitrogens with two attached hydrogens (primary N) is 1. The van der Waals surface area contributed by atoms with Gasteiger partial charge in [0, 0.05) is 18.8 Å². The minimum Gasteiger partial charge on any atom is -0.338 e. The molecule has 2 N–H and O–H groups in total. The molecular weight excluding hydrogens is 312 g/mol. The molecule has 4 aliphatic carbocycles. The van der Waals surface area contributed by atoms with E-state index >= 15 is 0 Å². The van der Waals surface area contributed by atoms with Crippen LogP contribution in [0, 0.1) is 23.2 Å². The van der Waals surface area contributed by atoms with Gasteiger partial charge in [-0.25, -0.2) is 0 Å². The number of aromatic nitrogens is 3. The topological polar surface area (TPSA) is 77.8 Å². The van der Waals surface area contributed by atoms with Gasteiger partial charge in [-0.2, -0.15) is 4.98 Å². The largest absolute Gasteiger partial charge is 0.338 e. The van der Waals surface area contributed by atoms with Gasteiger partial charge in [0.25, 0.3) is 0 Å². The quantitative estimate of drug-likeness (QED) is 0.903. The number of nitrogens with zero attached hydrogens (tertiary/aromatic N) is 3. The lowest BCUT2D eigenvalue weighted by molar-refractivity contribution is -0.0533. The first-order valence-corrected chi connectivity index (χ1v) is 9.64. The predicted molar refractivity (Wildman–Crippen MR) is 93.5 cm³/mol. The molecule has 0 radical (unpaired) electrons. The molecule has 5 heteroatoms. The van der Waals surface area contributed by atoms with E-state index in [1.165, 1.54) is 38.5 Å². The average molecular weight is 338 g/mol. The van der Waals surface area contributed by atoms with Gasteiger partial charge in [0.05, 0.1) is 6.04 Å². The third-order valence-corrected chi connectivity index (χ3v) is 6.70. The Labute approximate surface area is 148 Å². The van der Waals surface area contributed by atoms with Crippen LogP contribution in [0.2, 0.25) is 0 Å². The summed E-state index contributed by atoms with van der Waals surface area (Å²) in [7, 11) is 0. The van der Waals surface area contributed by atoms with E-state index < -0.39 is 0 Å². The Morgan fingerprint density at radius 2 is 1.72 bits per heavy atom. The fourth-order valence-corrected chi connectivity index (χ4v) is 6.19. The molecule has 0 saturated heterocycles. The fraction of sp³-hybridized carbons (Fsp3) is 0.650. The Morgan fingerprint density at radius 1 is 1.08 bits per heavy atom. The van der Waals surface area contributed by atoms with E-state index in [2.05, 4.69) is 15.1 Å². The maximum Gasteiger partial charge on any atom is 0.243 e. The molecule has 0 amide bonds. The molecule has 2 aromatic rings. The number of hydrogen-bond donors (Lipinski definition) is 1. The molecule has 5 nitrogen and oxygen atoms in total. The molecule has 0 aliphatic heterocycles. The standard InChI is InChI=1S/C20H26N4O/c21-17(8-13-1-3-22-4-2-13)19-23-18(24-25-19)12-20-9-14-5-15(10-20)7-16(6-14)11-20/h1-4,14-17H,5-12,21H2. The molecule has 0 spiro atoms. The molecule has 4 bridgehead atoms. The zero-order chi connectivity index (χ0) is 16.9. The Balaban J connectivity index is 1.28. The van der Waals surface area contributed by atoms with E-state index in [0.717, 1.165) is 35.6 Å². The van der Waals surface area contributed by atoms with Crippen molar-refractivity contribution in [1.29, 1.82) is 0 Å². The van der Waals surface area contributed by atoms with Crippen LogP contribution in [0.1, 0.15) is 61.8 Å². The molecule has 4 aliphatic rings. The highest BCUT2D eigenvalue weighted by molar-refractivity contribution is 5.13. The van der Waals surface area contributed by atoms with Crippen LogP contribution in [0.3, 0.4) is 0 Å². The molecule has 1 unspecified atom stereocenters. The Morgan fingerprint density at radius 3 is 2.36 bits per heavy atom. The lowest BCUT2D eigenvalue weighted by atomic mass is 9.49. The molecule has 2 heterocycles. The molecule has 1 atom stereocenters. The summed E-state index contributed by atoms with van der Waals surface area (Å²) in [6.07, 6.45) is 13.7. The zero-order valence-corrected chi connectivity index (χ0v) is 14.6. The first-order chi connectivity index (χ1) is 12.2. The van der Waals surface area contributed by atoms with Crippen molar-refractivity contribution in [3.8, 4) is 0 Å². The number of rotatable bonds is 5. The maximum absolute atomic E-state index is 6.28. The molecule has 132 valence electrons. The van der Waals surface area contributed by atoms with Gasteiger partial charge >= 0.3 is 0 Å². The summed E-state index contributed by atoms with van der Waals surface area (Å²) in [6.45, 7) is 0. The van der Waals surface area contributed by atoms with Crippen molar-refractivity contribution in [2.75, 3.05) is 0 Å². The average Bonchev–Trinajstić information content (AvgIpc) is 3.02. The first kappa shape index (κ1) is 15.5. The number of pyridine rings is 1. The normalized spacial score (nSPS) is 34.4. The summed E-state index contributed by atoms with van der Waals surface area (Å²) >= 11 is 0. The Kier molecular flexibility index (Phi) is 3.66. The molecule has 2 aromatic heterocycles. The Bertz CT molecular complexity index is 706. The van der Waals surface area contributed by atoms with Gasteiger partial charge in [0.2, 0.25) is 5.89 Å². The summed E-state index contributed by atoms with van der Waals surface area (Å²) in [5.74, 6) is 4.28. The molecule has 4 fully saturated rings. The van der Waals surface area contributed by atoms with Gasteiger partial charge in [0.15, 0.2) is 5.82 Å². The van der Waals surface area contributed by atoms with Gasteiger partial charge in [-0.1, -0.05) is 5.16 Å². The SMILES string of the molecule is NC(Cc1ccncc1)c1nc(CC23CC4CC(CC(C4)C2)C3)no1. The molecule has 25 heavy (non-hydrogen) atoms. The summed E-state index contributed by atoms with van der Waals surface area (Å²) < 4.78 is 5.51. The molecular formula is C20H26N4O. The van der Waals surface area contributed by atoms with Crippen LogP contribution in [0.5, 0.6) is 0 Å². The van der Waals surface area contributed by atoms with Crippen molar-refractivity contribution in [1.82, 2.24) is 15.1 Å². The second kappa shape index (κ2) is 5.90. The van der Waals surface area contributed by atoms with Crippen molar-refractivity contribution in [3.63, 3.8) is 0 Å². The highest BCUT2D eigenvalue weighted by Gasteiger charge is 2.51. The van der Waals surface area contributed by atoms with Crippen LogP contribution >= 0.6 is 0 Å². The van der Waals surface area contributed by atoms with Crippen LogP contribution in [0.15, 0.2) is 29.0 Å². The van der Waals surface area contributed by atoms with Crippen LogP contribution in [-0.4, -0.2) is 15.1 Å². The van der Waals surface area contributed by atoms with E-state index in [4.69, 9.17) is 10.3 Å². The lowest BCUT2D eigenvalue weighted by Gasteiger charge is -2.56. The van der Waals surface area contributed by atoms with Crippen molar-refractivity contribution >= 4 is 0 Å². The van der Waals surface area contributed by atoms with Crippen molar-refractivity contribution in [3.05, 3.63) is 41.8 Å². The van der Waals surface area contributed by atoms with E-state index in [1.54, 1.807) is 12.4 Å². The molecule has 0 aromatic carbocycles. The van der Waals surface area contributed by atoms with Crippen LogP contribution in [0.4, 0.5) is 0 Å². The van der Waals surface area contributed by atoms with Crippen molar-refractivity contribution in [2.24, 2.45) is 28.9 Å². The monoisotopic (exact) mass is 338 g/mol. The summed E-state index contributed by atoms with van der Waals surface area (Å²) in [4.78, 5) is 8.70. The van der Waals surface area contributed by atoms with Gasteiger partial charge in [-0.3, -0.25) is 4.98 Å². The smallest absolute Gasteiger partial charge is 0.243 e. The summed E-state index contributed by atoms with van der Waals surface area (Å²) in [5.41, 5.74) is 7.86. The van der Waals surface area contributed by atoms with Gasteiger partial charge < -0.3 is 10.3 Å². The first-order valence-electron chi connectivity index (χ1n) is 9.64. The van der Waals surface area contributed by atoms with Crippen LogP contribution in [0.25, 0.3) is 0 Å². The maximum atomic E-state index is 6.28. The van der Waals surface area contributed by atoms with Crippen LogP contribution < -0.4 is 5.73 Å². The van der Waals surface area contributed by atoms with Gasteiger partial charge in [-0.15, -0.1) is 0 Å². The zero-order valence-electron chi connectivity index (χ0n) is 14.6. The van der Waals surface area contributed by atoms with E-state index in [9.17, 15) is 0 Å². The second-order valence-corrected chi connectivity index (χ2v) is 8.81. The third-order valence-electron chi connectivity index (χ3n) is 6.70. The van der Waals surface area contributed by atoms with Crippen molar-refractivity contribution < 1.29 is 4.52 Å². The summed E-state index contributed by atoms with van der Waals surface area (Å²) in [5, 5.41) is 4.28. The minimum absolute atomic E-state index is 0.250. The lowest BCUT2D eigenvalue weighted by Crippen LogP contribution is -2.47. The number of hydrogen-bond acceptors (Lipinski definition) is 5. The van der Waals surface area contributed by atoms with Gasteiger partial charge in [-0.05, 0) is 85.8 Å². The van der Waals surface area contributed by atoms with Crippen LogP contribution in [-0.2, 0) is 12.8 Å². The fourth-order valence-electron chi connectivity index (χ4n) is 6.19. The molecule has 4 saturated carbocycles. The highest BCUT2D eigenvalue weighted by atomic mass is 16.5. The minimum atomic E-state index is -0.250. The van der Waals surface area contributed by atoms with E-state index in [1.807, 2.05) is 12.1 Å². The predicted octanol–water partition coefficient (Wildman–Crippen LogP) is 3.47. The molecule has 6 rings (SSSR count). The van der Waals surface area contributed by atoms with Crippen molar-refractivity contribution in [2.45, 2.75) is 57.4 Å². The Hall–Kier alpha value is -1.75. The third kappa shape index (κ3) is 2.99. The second-order valence-electron chi connectivity index (χ2n) is 8.81. The van der Waals surface area contributed by atoms with Gasteiger partial charge in [0.1, 0.15) is 0 Å².